The second kappa shape index (κ2) is 19.2. The van der Waals surface area contributed by atoms with Gasteiger partial charge in [-0.15, -0.1) is 0 Å². The van der Waals surface area contributed by atoms with Crippen molar-refractivity contribution < 1.29 is 37.6 Å². The van der Waals surface area contributed by atoms with Gasteiger partial charge in [0.2, 0.25) is 0 Å². The minimum Gasteiger partial charge on any atom is -0.456 e. The highest BCUT2D eigenvalue weighted by Crippen LogP contribution is 2.55. The smallest absolute Gasteiger partial charge is 0.252 e. The van der Waals surface area contributed by atoms with Gasteiger partial charge in [0.25, 0.3) is 6.71 Å². The molecule has 0 radical (unpaired) electrons. The zero-order valence-corrected chi connectivity index (χ0v) is 47.5. The van der Waals surface area contributed by atoms with Crippen LogP contribution in [0.25, 0.3) is 132 Å². The third-order valence-corrected chi connectivity index (χ3v) is 18.1. The van der Waals surface area contributed by atoms with Crippen LogP contribution in [0, 0.1) is 0 Å². The van der Waals surface area contributed by atoms with E-state index < -0.39 is 134 Å². The van der Waals surface area contributed by atoms with Crippen LogP contribution in [-0.2, 0) is 0 Å². The molecule has 91 heavy (non-hydrogen) atoms. The summed E-state index contributed by atoms with van der Waals surface area (Å²) in [6.07, 6.45) is 0. The summed E-state index contributed by atoms with van der Waals surface area (Å²) in [6, 6.07) is 43.6. The zero-order valence-electron chi connectivity index (χ0n) is 68.5. The Bertz CT molecular complexity index is 7200. The number of anilines is 6. The van der Waals surface area contributed by atoms with Crippen LogP contribution in [0.1, 0.15) is 28.8 Å². The van der Waals surface area contributed by atoms with Crippen molar-refractivity contribution in [3.63, 3.8) is 0 Å². The Morgan fingerprint density at radius 1 is 0.297 bits per heavy atom. The standard InChI is InChI=1S/C84H51BN4O2/c1-4-22-52(23-5-1)55-40-44-66-72(48-55)88(83-58(53-24-6-2-7-25-53)42-46-78-80(83)64-32-14-20-38-76(64)90-78)74-50-57(87-70-36-18-12-30-62(70)63-31-13-19-37-71(63)87)51-75-82(74)85(66)67-45-41-56(86-68-34-16-10-28-60(68)61-29-11-17-35-69(61)86)49-73(67)89(75)84-59(54-26-8-3-9-27-54)43-47-79-81(84)65-33-15-21-39-77(65)91-79/h1-51H/i1D,4D,5D,10D,11D,12D,13D,16D,17D,18D,19D,22D,23D,28D,29D,30D,31D,34D,35D,36D,37D. The number of hydrogen-bond acceptors (Lipinski definition) is 4. The Morgan fingerprint density at radius 2 is 0.714 bits per heavy atom. The van der Waals surface area contributed by atoms with E-state index in [0.29, 0.717) is 111 Å². The molecule has 7 heteroatoms. The maximum Gasteiger partial charge on any atom is 0.252 e. The van der Waals surface area contributed by atoms with Gasteiger partial charge in [-0.3, -0.25) is 0 Å². The lowest BCUT2D eigenvalue weighted by Crippen LogP contribution is -2.61. The second-order valence-electron chi connectivity index (χ2n) is 22.7. The lowest BCUT2D eigenvalue weighted by Gasteiger charge is -2.45. The predicted molar refractivity (Wildman–Crippen MR) is 380 cm³/mol. The molecule has 0 unspecified atom stereocenters. The molecule has 0 fully saturated rings. The minimum atomic E-state index is -0.999. The molecule has 422 valence electrons. The number of fused-ring (bicyclic) bond motifs is 16. The second-order valence-corrected chi connectivity index (χ2v) is 22.7. The normalized spacial score (nSPS) is 16.0. The summed E-state index contributed by atoms with van der Waals surface area (Å²) in [5.74, 6) is 0. The molecule has 20 rings (SSSR count). The summed E-state index contributed by atoms with van der Waals surface area (Å²) in [4.78, 5) is 4.05. The average molecular weight is 1180 g/mol. The van der Waals surface area contributed by atoms with Gasteiger partial charge in [0, 0.05) is 71.9 Å². The van der Waals surface area contributed by atoms with Gasteiger partial charge < -0.3 is 27.8 Å². The van der Waals surface area contributed by atoms with Gasteiger partial charge in [-0.25, -0.2) is 0 Å². The number of furan rings is 2. The van der Waals surface area contributed by atoms with Crippen LogP contribution in [-0.4, -0.2) is 15.8 Å². The van der Waals surface area contributed by atoms with Gasteiger partial charge in [0.1, 0.15) is 22.3 Å². The number of nitrogens with zero attached hydrogens (tertiary/aromatic N) is 4. The number of aromatic nitrogens is 2. The summed E-state index contributed by atoms with van der Waals surface area (Å²) in [7, 11) is 0. The number of para-hydroxylation sites is 6. The van der Waals surface area contributed by atoms with Crippen LogP contribution < -0.4 is 26.2 Å². The Kier molecular flexibility index (Phi) is 7.16. The summed E-state index contributed by atoms with van der Waals surface area (Å²) in [6.45, 7) is -0.999. The molecule has 0 spiro atoms. The third-order valence-electron chi connectivity index (χ3n) is 18.1. The van der Waals surface area contributed by atoms with Crippen LogP contribution in [0.4, 0.5) is 34.1 Å². The molecule has 14 aromatic carbocycles. The fourth-order valence-corrected chi connectivity index (χ4v) is 14.4. The van der Waals surface area contributed by atoms with Gasteiger partial charge in [-0.1, -0.05) is 218 Å². The summed E-state index contributed by atoms with van der Waals surface area (Å²) in [5, 5.41) is 1.72. The minimum absolute atomic E-state index is 0.0766. The topological polar surface area (TPSA) is 42.6 Å². The van der Waals surface area contributed by atoms with E-state index in [1.807, 2.05) is 168 Å². The number of benzene rings is 14. The number of rotatable bonds is 7. The molecule has 0 aliphatic carbocycles. The monoisotopic (exact) mass is 1180 g/mol. The Balaban J connectivity index is 1.05. The molecule has 0 N–H and O–H groups in total. The Labute approximate surface area is 553 Å². The van der Waals surface area contributed by atoms with Gasteiger partial charge in [-0.2, -0.15) is 0 Å². The first-order chi connectivity index (χ1) is 53.9. The highest BCUT2D eigenvalue weighted by atomic mass is 16.3. The van der Waals surface area contributed by atoms with E-state index in [4.69, 9.17) is 15.7 Å². The van der Waals surface area contributed by atoms with Gasteiger partial charge in [0.05, 0.1) is 78.7 Å². The van der Waals surface area contributed by atoms with Crippen LogP contribution in [0.5, 0.6) is 0 Å². The molecule has 0 saturated carbocycles. The molecule has 4 aromatic heterocycles. The van der Waals surface area contributed by atoms with E-state index in [1.54, 1.807) is 24.3 Å². The highest BCUT2D eigenvalue weighted by molar-refractivity contribution is 7.00. The lowest BCUT2D eigenvalue weighted by atomic mass is 9.33. The van der Waals surface area contributed by atoms with Crippen molar-refractivity contribution in [3.8, 4) is 44.8 Å². The van der Waals surface area contributed by atoms with Crippen molar-refractivity contribution in [1.82, 2.24) is 9.13 Å². The zero-order chi connectivity index (χ0) is 77.7. The lowest BCUT2D eigenvalue weighted by molar-refractivity contribution is 0.668. The molecule has 0 saturated heterocycles. The molecular weight excluding hydrogens is 1110 g/mol. The fraction of sp³-hybridized carbons (Fsp3) is 0. The van der Waals surface area contributed by atoms with Crippen LogP contribution in [0.2, 0.25) is 0 Å². The molecule has 6 heterocycles. The molecule has 0 atom stereocenters. The van der Waals surface area contributed by atoms with E-state index in [1.165, 1.54) is 9.13 Å². The first-order valence-electron chi connectivity index (χ1n) is 40.0. The average Bonchev–Trinajstić information content (AvgIpc) is 1.03. The predicted octanol–water partition coefficient (Wildman–Crippen LogP) is 20.8. The summed E-state index contributed by atoms with van der Waals surface area (Å²) in [5.41, 5.74) is 8.09. The first kappa shape index (κ1) is 33.9. The van der Waals surface area contributed by atoms with Crippen molar-refractivity contribution in [2.45, 2.75) is 0 Å². The molecule has 2 aliphatic heterocycles. The van der Waals surface area contributed by atoms with E-state index >= 15 is 0 Å². The molecule has 6 nitrogen and oxygen atoms in total. The number of hydrogen-bond donors (Lipinski definition) is 0. The largest absolute Gasteiger partial charge is 0.456 e. The van der Waals surface area contributed by atoms with Gasteiger partial charge in [0.15, 0.2) is 0 Å². The maximum absolute atomic E-state index is 10.1. The summed E-state index contributed by atoms with van der Waals surface area (Å²) >= 11 is 0. The van der Waals surface area contributed by atoms with Crippen LogP contribution >= 0.6 is 0 Å². The quantitative estimate of drug-likeness (QED) is 0.149. The molecular formula is C84H51BN4O2. The molecule has 2 aliphatic rings. The third kappa shape index (κ3) is 7.20. The van der Waals surface area contributed by atoms with Crippen molar-refractivity contribution >= 4 is 145 Å². The maximum atomic E-state index is 10.1. The molecule has 0 bridgehead atoms. The SMILES string of the molecule is [2H]c1c([2H])c([2H])c(-c2ccc3c(c2)N(c2c(-c4ccccc4)ccc4oc5ccccc5c24)c2cc(-n4c5c([2H])c([2H])c([2H])c([2H])c5c5c([2H])c([2H])c([2H])c([2H])c54)cc4c2B3c2ccc(-n3c5c([2H])c([2H])c([2H])c([2H])c5c5c([2H])c([2H])c([2H])c([2H])c53)cc2N4c2c(-c3ccccc3)ccc3oc4ccccc4c23)c([2H])c1[2H]. The van der Waals surface area contributed by atoms with Gasteiger partial charge >= 0.3 is 0 Å². The van der Waals surface area contributed by atoms with Crippen molar-refractivity contribution in [2.75, 3.05) is 9.80 Å². The van der Waals surface area contributed by atoms with E-state index in [0.717, 1.165) is 5.56 Å². The van der Waals surface area contributed by atoms with E-state index in [9.17, 15) is 21.9 Å². The molecule has 18 aromatic rings. The Morgan fingerprint density at radius 3 is 1.22 bits per heavy atom. The van der Waals surface area contributed by atoms with Crippen molar-refractivity contribution in [1.29, 1.82) is 0 Å². The van der Waals surface area contributed by atoms with E-state index in [2.05, 4.69) is 0 Å². The highest BCUT2D eigenvalue weighted by Gasteiger charge is 2.46. The van der Waals surface area contributed by atoms with E-state index in [-0.39, 0.29) is 66.1 Å². The fourth-order valence-electron chi connectivity index (χ4n) is 14.4. The molecule has 0 amide bonds. The van der Waals surface area contributed by atoms with Crippen LogP contribution in [0.15, 0.2) is 318 Å². The summed E-state index contributed by atoms with van der Waals surface area (Å²) < 4.78 is 215. The van der Waals surface area contributed by atoms with Crippen LogP contribution in [0.3, 0.4) is 0 Å². The Hall–Kier alpha value is -12.1. The van der Waals surface area contributed by atoms with Gasteiger partial charge in [-0.05, 0) is 130 Å². The van der Waals surface area contributed by atoms with Crippen molar-refractivity contribution in [2.24, 2.45) is 0 Å². The first-order valence-corrected chi connectivity index (χ1v) is 29.5. The van der Waals surface area contributed by atoms with Crippen molar-refractivity contribution in [3.05, 3.63) is 309 Å².